The minimum atomic E-state index is 0. The number of aliphatic hydroxyl groups is 1. The summed E-state index contributed by atoms with van der Waals surface area (Å²) in [6.07, 6.45) is 8.88. The van der Waals surface area contributed by atoms with Gasteiger partial charge in [-0.25, -0.2) is 0 Å². The van der Waals surface area contributed by atoms with E-state index in [-0.39, 0.29) is 19.0 Å². The van der Waals surface area contributed by atoms with Gasteiger partial charge in [0.05, 0.1) is 6.61 Å². The molecule has 0 aliphatic heterocycles. The second-order valence-electron chi connectivity index (χ2n) is 5.25. The van der Waals surface area contributed by atoms with E-state index in [4.69, 9.17) is 9.84 Å². The largest absolute Gasteiger partial charge is 0.491 e. The van der Waals surface area contributed by atoms with E-state index in [0.29, 0.717) is 6.61 Å². The van der Waals surface area contributed by atoms with Crippen molar-refractivity contribution in [3.63, 3.8) is 0 Å². The highest BCUT2D eigenvalue weighted by atomic mass is 35.5. The first-order valence-corrected chi connectivity index (χ1v) is 7.60. The molecule has 0 atom stereocenters. The Morgan fingerprint density at radius 2 is 1.95 bits per heavy atom. The molecule has 0 saturated heterocycles. The molecular weight excluding hydrogens is 286 g/mol. The maximum absolute atomic E-state index is 8.69. The number of hydrogen-bond acceptors (Lipinski definition) is 3. The van der Waals surface area contributed by atoms with Crippen molar-refractivity contribution in [2.45, 2.75) is 38.6 Å². The Morgan fingerprint density at radius 3 is 2.62 bits per heavy atom. The first-order valence-electron chi connectivity index (χ1n) is 7.60. The van der Waals surface area contributed by atoms with Crippen molar-refractivity contribution >= 4 is 12.4 Å². The van der Waals surface area contributed by atoms with Gasteiger partial charge in [-0.1, -0.05) is 23.8 Å². The van der Waals surface area contributed by atoms with Crippen LogP contribution >= 0.6 is 12.4 Å². The Morgan fingerprint density at radius 1 is 1.14 bits per heavy atom. The first kappa shape index (κ1) is 18.0. The second kappa shape index (κ2) is 10.7. The highest BCUT2D eigenvalue weighted by molar-refractivity contribution is 5.85. The summed E-state index contributed by atoms with van der Waals surface area (Å²) in [6, 6.07) is 8.05. The van der Waals surface area contributed by atoms with Crippen LogP contribution in [-0.4, -0.2) is 24.9 Å². The molecule has 0 saturated carbocycles. The summed E-state index contributed by atoms with van der Waals surface area (Å²) < 4.78 is 5.34. The summed E-state index contributed by atoms with van der Waals surface area (Å²) in [4.78, 5) is 0. The van der Waals surface area contributed by atoms with E-state index in [1.807, 2.05) is 12.1 Å². The van der Waals surface area contributed by atoms with Crippen LogP contribution < -0.4 is 10.1 Å². The van der Waals surface area contributed by atoms with Crippen molar-refractivity contribution in [2.24, 2.45) is 0 Å². The first-order chi connectivity index (χ1) is 9.88. The maximum atomic E-state index is 8.69. The smallest absolute Gasteiger partial charge is 0.119 e. The van der Waals surface area contributed by atoms with Crippen LogP contribution in [0.3, 0.4) is 0 Å². The molecule has 3 nitrogen and oxygen atoms in total. The van der Waals surface area contributed by atoms with Crippen molar-refractivity contribution in [3.8, 4) is 5.75 Å². The van der Waals surface area contributed by atoms with Crippen LogP contribution in [0, 0.1) is 0 Å². The van der Waals surface area contributed by atoms with E-state index in [0.717, 1.165) is 18.8 Å². The molecule has 1 aliphatic carbocycles. The normalized spacial score (nSPS) is 14.2. The van der Waals surface area contributed by atoms with Gasteiger partial charge >= 0.3 is 0 Å². The number of benzene rings is 1. The fourth-order valence-corrected chi connectivity index (χ4v) is 2.48. The molecule has 0 unspecified atom stereocenters. The molecule has 0 fully saturated rings. The zero-order valence-electron chi connectivity index (χ0n) is 12.5. The summed E-state index contributed by atoms with van der Waals surface area (Å²) in [7, 11) is 0. The van der Waals surface area contributed by atoms with Gasteiger partial charge in [0.15, 0.2) is 0 Å². The Kier molecular flexibility index (Phi) is 9.15. The average molecular weight is 312 g/mol. The Labute approximate surface area is 133 Å². The lowest BCUT2D eigenvalue weighted by molar-refractivity contribution is 0.201. The molecule has 2 N–H and O–H groups in total. The zero-order chi connectivity index (χ0) is 14.0. The van der Waals surface area contributed by atoms with Crippen LogP contribution in [0.5, 0.6) is 5.75 Å². The van der Waals surface area contributed by atoms with Crippen molar-refractivity contribution < 1.29 is 9.84 Å². The molecule has 0 radical (unpaired) electrons. The molecular formula is C17H26ClNO2. The van der Waals surface area contributed by atoms with E-state index in [2.05, 4.69) is 23.5 Å². The molecule has 21 heavy (non-hydrogen) atoms. The number of allylic oxidation sites excluding steroid dienone is 1. The minimum absolute atomic E-state index is 0. The van der Waals surface area contributed by atoms with Gasteiger partial charge in [-0.2, -0.15) is 0 Å². The SMILES string of the molecule is Cl.OCCOc1ccc(CNCCC2=CCCCC2)cc1. The summed E-state index contributed by atoms with van der Waals surface area (Å²) in [6.45, 7) is 2.36. The van der Waals surface area contributed by atoms with Gasteiger partial charge < -0.3 is 15.2 Å². The molecule has 1 aliphatic rings. The number of ether oxygens (including phenoxy) is 1. The molecule has 2 rings (SSSR count). The van der Waals surface area contributed by atoms with E-state index in [9.17, 15) is 0 Å². The molecule has 0 amide bonds. The Hall–Kier alpha value is -1.03. The van der Waals surface area contributed by atoms with Crippen LogP contribution in [0.25, 0.3) is 0 Å². The standard InChI is InChI=1S/C17H25NO2.ClH/c19-12-13-20-17-8-6-16(7-9-17)14-18-11-10-15-4-2-1-3-5-15;/h4,6-9,18-19H,1-3,5,10-14H2;1H. The van der Waals surface area contributed by atoms with Crippen LogP contribution in [0.4, 0.5) is 0 Å². The lowest BCUT2D eigenvalue weighted by Gasteiger charge is -2.13. The number of aliphatic hydroxyl groups excluding tert-OH is 1. The zero-order valence-corrected chi connectivity index (χ0v) is 13.3. The van der Waals surface area contributed by atoms with E-state index in [1.54, 1.807) is 5.57 Å². The summed E-state index contributed by atoms with van der Waals surface area (Å²) in [5.74, 6) is 0.815. The lowest BCUT2D eigenvalue weighted by Crippen LogP contribution is -2.15. The fourth-order valence-electron chi connectivity index (χ4n) is 2.48. The van der Waals surface area contributed by atoms with Gasteiger partial charge in [-0.3, -0.25) is 0 Å². The fraction of sp³-hybridized carbons (Fsp3) is 0.529. The lowest BCUT2D eigenvalue weighted by atomic mass is 9.97. The van der Waals surface area contributed by atoms with E-state index >= 15 is 0 Å². The molecule has 1 aromatic rings. The topological polar surface area (TPSA) is 41.5 Å². The Bertz CT molecular complexity index is 417. The second-order valence-corrected chi connectivity index (χ2v) is 5.25. The van der Waals surface area contributed by atoms with Crippen molar-refractivity contribution in [2.75, 3.05) is 19.8 Å². The number of rotatable bonds is 8. The third kappa shape index (κ3) is 6.98. The van der Waals surface area contributed by atoms with E-state index in [1.165, 1.54) is 37.7 Å². The van der Waals surface area contributed by atoms with Gasteiger partial charge in [0.25, 0.3) is 0 Å². The predicted octanol–water partition coefficient (Wildman–Crippen LogP) is 3.46. The number of hydrogen-bond donors (Lipinski definition) is 2. The summed E-state index contributed by atoms with van der Waals surface area (Å²) >= 11 is 0. The molecule has 1 aromatic carbocycles. The average Bonchev–Trinajstić information content (AvgIpc) is 2.52. The van der Waals surface area contributed by atoms with Gasteiger partial charge in [-0.05, 0) is 56.3 Å². The number of halogens is 1. The van der Waals surface area contributed by atoms with Crippen LogP contribution in [0.1, 0.15) is 37.7 Å². The summed E-state index contributed by atoms with van der Waals surface area (Å²) in [5, 5.41) is 12.2. The van der Waals surface area contributed by atoms with Gasteiger partial charge in [0, 0.05) is 6.54 Å². The minimum Gasteiger partial charge on any atom is -0.491 e. The molecule has 4 heteroatoms. The highest BCUT2D eigenvalue weighted by Gasteiger charge is 2.03. The van der Waals surface area contributed by atoms with Gasteiger partial charge in [0.2, 0.25) is 0 Å². The predicted molar refractivity (Wildman–Crippen MR) is 89.1 cm³/mol. The molecule has 0 heterocycles. The van der Waals surface area contributed by atoms with Crippen LogP contribution in [0.15, 0.2) is 35.9 Å². The van der Waals surface area contributed by atoms with Crippen LogP contribution in [0.2, 0.25) is 0 Å². The van der Waals surface area contributed by atoms with Gasteiger partial charge in [-0.15, -0.1) is 12.4 Å². The third-order valence-electron chi connectivity index (χ3n) is 3.62. The van der Waals surface area contributed by atoms with Gasteiger partial charge in [0.1, 0.15) is 12.4 Å². The molecule has 118 valence electrons. The molecule has 0 aromatic heterocycles. The van der Waals surface area contributed by atoms with Crippen molar-refractivity contribution in [1.82, 2.24) is 5.32 Å². The Balaban J connectivity index is 0.00000220. The van der Waals surface area contributed by atoms with Crippen molar-refractivity contribution in [3.05, 3.63) is 41.5 Å². The van der Waals surface area contributed by atoms with Crippen molar-refractivity contribution in [1.29, 1.82) is 0 Å². The monoisotopic (exact) mass is 311 g/mol. The number of nitrogens with one attached hydrogen (secondary N) is 1. The third-order valence-corrected chi connectivity index (χ3v) is 3.62. The highest BCUT2D eigenvalue weighted by Crippen LogP contribution is 2.19. The van der Waals surface area contributed by atoms with E-state index < -0.39 is 0 Å². The van der Waals surface area contributed by atoms with Crippen LogP contribution in [-0.2, 0) is 6.54 Å². The summed E-state index contributed by atoms with van der Waals surface area (Å²) in [5.41, 5.74) is 2.88. The molecule has 0 bridgehead atoms. The quantitative estimate of drug-likeness (QED) is 0.570. The molecule has 0 spiro atoms. The maximum Gasteiger partial charge on any atom is 0.119 e.